The van der Waals surface area contributed by atoms with Crippen molar-refractivity contribution in [1.82, 2.24) is 5.32 Å². The third-order valence-corrected chi connectivity index (χ3v) is 2.99. The van der Waals surface area contributed by atoms with Crippen molar-refractivity contribution in [2.24, 2.45) is 0 Å². The van der Waals surface area contributed by atoms with Crippen molar-refractivity contribution in [2.75, 3.05) is 11.9 Å². The highest BCUT2D eigenvalue weighted by Gasteiger charge is 2.06. The summed E-state index contributed by atoms with van der Waals surface area (Å²) in [6, 6.07) is 16.6. The molecule has 20 heavy (non-hydrogen) atoms. The Morgan fingerprint density at radius 1 is 1.10 bits per heavy atom. The van der Waals surface area contributed by atoms with Gasteiger partial charge >= 0.3 is 0 Å². The highest BCUT2D eigenvalue weighted by molar-refractivity contribution is 5.94. The predicted octanol–water partition coefficient (Wildman–Crippen LogP) is 2.21. The summed E-state index contributed by atoms with van der Waals surface area (Å²) in [4.78, 5) is 24.1. The minimum Gasteiger partial charge on any atom is -0.348 e. The molecule has 0 heterocycles. The Kier molecular flexibility index (Phi) is 4.50. The zero-order valence-corrected chi connectivity index (χ0v) is 11.2. The van der Waals surface area contributed by atoms with Crippen LogP contribution in [0.4, 0.5) is 5.69 Å². The van der Waals surface area contributed by atoms with E-state index in [-0.39, 0.29) is 5.91 Å². The first-order chi connectivity index (χ1) is 9.70. The lowest BCUT2D eigenvalue weighted by Crippen LogP contribution is -2.22. The number of nitrogens with one attached hydrogen (secondary N) is 1. The summed E-state index contributed by atoms with van der Waals surface area (Å²) in [7, 11) is 1.66. The lowest BCUT2D eigenvalue weighted by Gasteiger charge is -2.11. The van der Waals surface area contributed by atoms with Crippen LogP contribution in [0, 0.1) is 0 Å². The predicted molar refractivity (Wildman–Crippen MR) is 78.5 cm³/mol. The number of nitrogens with zero attached hydrogens (tertiary/aromatic N) is 1. The van der Waals surface area contributed by atoms with Gasteiger partial charge in [-0.1, -0.05) is 30.3 Å². The fraction of sp³-hybridized carbons (Fsp3) is 0.125. The number of hydrogen-bond donors (Lipinski definition) is 1. The van der Waals surface area contributed by atoms with Crippen molar-refractivity contribution >= 4 is 18.0 Å². The van der Waals surface area contributed by atoms with Gasteiger partial charge in [0.2, 0.25) is 6.41 Å². The van der Waals surface area contributed by atoms with Crippen molar-refractivity contribution < 1.29 is 9.59 Å². The van der Waals surface area contributed by atoms with E-state index in [1.165, 1.54) is 4.90 Å². The third kappa shape index (κ3) is 3.45. The molecule has 102 valence electrons. The SMILES string of the molecule is CN(C=O)c1ccc(C(=O)NCc2ccccc2)cc1. The number of carbonyl (C=O) groups excluding carboxylic acids is 2. The van der Waals surface area contributed by atoms with E-state index in [9.17, 15) is 9.59 Å². The lowest BCUT2D eigenvalue weighted by atomic mass is 10.1. The molecule has 2 aromatic rings. The Labute approximate surface area is 118 Å². The molecule has 0 aromatic heterocycles. The normalized spacial score (nSPS) is 9.85. The summed E-state index contributed by atoms with van der Waals surface area (Å²) in [5, 5.41) is 2.86. The Hall–Kier alpha value is -2.62. The van der Waals surface area contributed by atoms with Gasteiger partial charge in [0.25, 0.3) is 5.91 Å². The molecule has 0 atom stereocenters. The fourth-order valence-electron chi connectivity index (χ4n) is 1.79. The standard InChI is InChI=1S/C16H16N2O2/c1-18(12-19)15-9-7-14(8-10-15)16(20)17-11-13-5-3-2-4-6-13/h2-10,12H,11H2,1H3,(H,17,20). The number of hydrogen-bond acceptors (Lipinski definition) is 2. The van der Waals surface area contributed by atoms with Gasteiger partial charge in [0, 0.05) is 24.8 Å². The Morgan fingerprint density at radius 3 is 2.35 bits per heavy atom. The molecule has 4 heteroatoms. The smallest absolute Gasteiger partial charge is 0.251 e. The van der Waals surface area contributed by atoms with Gasteiger partial charge in [-0.2, -0.15) is 0 Å². The molecular formula is C16H16N2O2. The molecule has 1 N–H and O–H groups in total. The maximum atomic E-state index is 12.0. The average molecular weight is 268 g/mol. The van der Waals surface area contributed by atoms with Crippen LogP contribution in [0.2, 0.25) is 0 Å². The van der Waals surface area contributed by atoms with Gasteiger partial charge < -0.3 is 10.2 Å². The zero-order valence-electron chi connectivity index (χ0n) is 11.2. The lowest BCUT2D eigenvalue weighted by molar-refractivity contribution is -0.107. The van der Waals surface area contributed by atoms with Crippen LogP contribution in [0.25, 0.3) is 0 Å². The number of benzene rings is 2. The van der Waals surface area contributed by atoms with E-state index in [0.29, 0.717) is 12.1 Å². The molecule has 2 amide bonds. The molecule has 2 rings (SSSR count). The quantitative estimate of drug-likeness (QED) is 0.845. The maximum absolute atomic E-state index is 12.0. The molecule has 0 spiro atoms. The van der Waals surface area contributed by atoms with Crippen LogP contribution in [-0.2, 0) is 11.3 Å². The number of anilines is 1. The number of rotatable bonds is 5. The van der Waals surface area contributed by atoms with Gasteiger partial charge in [-0.05, 0) is 29.8 Å². The summed E-state index contributed by atoms with van der Waals surface area (Å²) in [5.74, 6) is -0.130. The molecular weight excluding hydrogens is 252 g/mol. The van der Waals surface area contributed by atoms with Crippen LogP contribution in [0.15, 0.2) is 54.6 Å². The summed E-state index contributed by atoms with van der Waals surface area (Å²) < 4.78 is 0. The molecule has 4 nitrogen and oxygen atoms in total. The summed E-state index contributed by atoms with van der Waals surface area (Å²) in [5.41, 5.74) is 2.38. The van der Waals surface area contributed by atoms with Gasteiger partial charge in [0.05, 0.1) is 0 Å². The highest BCUT2D eigenvalue weighted by atomic mass is 16.1. The first-order valence-corrected chi connectivity index (χ1v) is 6.31. The first-order valence-electron chi connectivity index (χ1n) is 6.31. The zero-order chi connectivity index (χ0) is 14.4. The molecule has 0 saturated carbocycles. The molecule has 0 radical (unpaired) electrons. The molecule has 2 aromatic carbocycles. The van der Waals surface area contributed by atoms with Gasteiger partial charge in [0.1, 0.15) is 0 Å². The molecule has 0 bridgehead atoms. The van der Waals surface area contributed by atoms with Crippen molar-refractivity contribution in [1.29, 1.82) is 0 Å². The van der Waals surface area contributed by atoms with E-state index in [1.807, 2.05) is 30.3 Å². The fourth-order valence-corrected chi connectivity index (χ4v) is 1.79. The van der Waals surface area contributed by atoms with E-state index in [1.54, 1.807) is 31.3 Å². The van der Waals surface area contributed by atoms with E-state index >= 15 is 0 Å². The number of carbonyl (C=O) groups is 2. The maximum Gasteiger partial charge on any atom is 0.251 e. The Bertz CT molecular complexity index is 579. The first kappa shape index (κ1) is 13.8. The second kappa shape index (κ2) is 6.52. The molecule has 0 unspecified atom stereocenters. The van der Waals surface area contributed by atoms with Crippen LogP contribution in [-0.4, -0.2) is 19.4 Å². The van der Waals surface area contributed by atoms with E-state index < -0.39 is 0 Å². The van der Waals surface area contributed by atoms with Crippen molar-refractivity contribution in [3.05, 3.63) is 65.7 Å². The minimum atomic E-state index is -0.130. The van der Waals surface area contributed by atoms with Crippen molar-refractivity contribution in [3.63, 3.8) is 0 Å². The van der Waals surface area contributed by atoms with Crippen LogP contribution < -0.4 is 10.2 Å². The van der Waals surface area contributed by atoms with Gasteiger partial charge in [-0.25, -0.2) is 0 Å². The van der Waals surface area contributed by atoms with Gasteiger partial charge in [-0.3, -0.25) is 9.59 Å². The molecule has 0 aliphatic heterocycles. The second-order valence-electron chi connectivity index (χ2n) is 4.43. The average Bonchev–Trinajstić information content (AvgIpc) is 2.53. The Morgan fingerprint density at radius 2 is 1.75 bits per heavy atom. The molecule has 0 aliphatic rings. The van der Waals surface area contributed by atoms with Gasteiger partial charge in [-0.15, -0.1) is 0 Å². The topological polar surface area (TPSA) is 49.4 Å². The highest BCUT2D eigenvalue weighted by Crippen LogP contribution is 2.12. The van der Waals surface area contributed by atoms with E-state index in [4.69, 9.17) is 0 Å². The van der Waals surface area contributed by atoms with Crippen LogP contribution >= 0.6 is 0 Å². The Balaban J connectivity index is 1.97. The largest absolute Gasteiger partial charge is 0.348 e. The van der Waals surface area contributed by atoms with Crippen molar-refractivity contribution in [3.8, 4) is 0 Å². The minimum absolute atomic E-state index is 0.130. The third-order valence-electron chi connectivity index (χ3n) is 2.99. The number of amides is 2. The summed E-state index contributed by atoms with van der Waals surface area (Å²) in [6.07, 6.45) is 0.727. The second-order valence-corrected chi connectivity index (χ2v) is 4.43. The van der Waals surface area contributed by atoms with Crippen molar-refractivity contribution in [2.45, 2.75) is 6.54 Å². The van der Waals surface area contributed by atoms with E-state index in [0.717, 1.165) is 17.7 Å². The monoisotopic (exact) mass is 268 g/mol. The van der Waals surface area contributed by atoms with Crippen LogP contribution in [0.5, 0.6) is 0 Å². The molecule has 0 aliphatic carbocycles. The summed E-state index contributed by atoms with van der Waals surface area (Å²) >= 11 is 0. The van der Waals surface area contributed by atoms with Gasteiger partial charge in [0.15, 0.2) is 0 Å². The van der Waals surface area contributed by atoms with Crippen LogP contribution in [0.3, 0.4) is 0 Å². The van der Waals surface area contributed by atoms with E-state index in [2.05, 4.69) is 5.32 Å². The van der Waals surface area contributed by atoms with Crippen LogP contribution in [0.1, 0.15) is 15.9 Å². The molecule has 0 fully saturated rings. The summed E-state index contributed by atoms with van der Waals surface area (Å²) in [6.45, 7) is 0.496. The molecule has 0 saturated heterocycles.